The van der Waals surface area contributed by atoms with Crippen molar-refractivity contribution in [2.75, 3.05) is 26.3 Å². The number of ether oxygens (including phenoxy) is 2. The highest BCUT2D eigenvalue weighted by molar-refractivity contribution is 6.30. The number of ketones is 1. The second-order valence-electron chi connectivity index (χ2n) is 10.7. The summed E-state index contributed by atoms with van der Waals surface area (Å²) in [6.45, 7) is 2.58. The Morgan fingerprint density at radius 3 is 2.52 bits per heavy atom. The average Bonchev–Trinajstić information content (AvgIpc) is 3.36. The Labute approximate surface area is 236 Å². The number of hydrogen-bond donors (Lipinski definition) is 2. The molecule has 0 amide bonds. The van der Waals surface area contributed by atoms with Crippen molar-refractivity contribution in [1.29, 1.82) is 0 Å². The number of nitrogens with two attached hydrogens (primary N) is 1. The van der Waals surface area contributed by atoms with Gasteiger partial charge in [-0.1, -0.05) is 35.9 Å². The van der Waals surface area contributed by atoms with E-state index in [4.69, 9.17) is 26.8 Å². The highest BCUT2D eigenvalue weighted by Gasteiger charge is 2.40. The van der Waals surface area contributed by atoms with Gasteiger partial charge in [-0.3, -0.25) is 4.79 Å². The number of rotatable bonds is 9. The second-order valence-corrected chi connectivity index (χ2v) is 11.1. The van der Waals surface area contributed by atoms with Gasteiger partial charge in [0.15, 0.2) is 5.78 Å². The van der Waals surface area contributed by atoms with Gasteiger partial charge in [0.25, 0.3) is 0 Å². The van der Waals surface area contributed by atoms with Gasteiger partial charge in [-0.05, 0) is 65.4 Å². The van der Waals surface area contributed by atoms with Crippen LogP contribution in [0.25, 0.3) is 0 Å². The zero-order valence-electron chi connectivity index (χ0n) is 22.0. The molecule has 0 aromatic heterocycles. The molecule has 2 heterocycles. The first-order valence-electron chi connectivity index (χ1n) is 13.5. The lowest BCUT2D eigenvalue weighted by atomic mass is 9.82. The average molecular weight is 573 g/mol. The normalized spacial score (nSPS) is 22.4. The summed E-state index contributed by atoms with van der Waals surface area (Å²) in [5.74, 6) is -3.16. The Hall–Kier alpha value is -2.75. The first kappa shape index (κ1) is 28.8. The molecule has 3 N–H and O–H groups in total. The lowest BCUT2D eigenvalue weighted by Gasteiger charge is -2.38. The standard InChI is InChI=1S/C31H32ClF3N2O3/c32-22-6-4-19(5-7-22)29(21-12-23(33)15-24(34)13-21)30(36)28(38)14-20-2-1-3-27(35)26(20)9-8-25-16-37-17-31(40-25)10-11-39-18-31/h1-7,12-13,15,25,29-30,37H,8-11,14,16-18,36H2/t25-,29+,30-,31?/m1/s1. The molecule has 5 rings (SSSR count). The second kappa shape index (κ2) is 12.4. The van der Waals surface area contributed by atoms with Crippen LogP contribution in [-0.4, -0.2) is 49.8 Å². The molecule has 2 aliphatic heterocycles. The molecule has 3 aromatic carbocycles. The summed E-state index contributed by atoms with van der Waals surface area (Å²) in [4.78, 5) is 13.6. The van der Waals surface area contributed by atoms with E-state index in [9.17, 15) is 13.6 Å². The SMILES string of the molecule is N[C@H](C(=O)Cc1cccc(F)c1CC[C@@H]1CNCC2(CCOC2)O1)[C@@H](c1ccc(Cl)cc1)c1cc(F)cc(F)c1. The smallest absolute Gasteiger partial charge is 0.154 e. The maximum atomic E-state index is 15.1. The predicted octanol–water partition coefficient (Wildman–Crippen LogP) is 5.11. The van der Waals surface area contributed by atoms with Crippen LogP contribution in [0.3, 0.4) is 0 Å². The maximum Gasteiger partial charge on any atom is 0.154 e. The number of Topliss-reactive ketones (excluding diaryl/α,β-unsaturated/α-hetero) is 1. The Morgan fingerprint density at radius 2 is 1.82 bits per heavy atom. The summed E-state index contributed by atoms with van der Waals surface area (Å²) in [5.41, 5.74) is 7.94. The number of halogens is 4. The molecule has 0 bridgehead atoms. The molecule has 212 valence electrons. The zero-order chi connectivity index (χ0) is 28.3. The summed E-state index contributed by atoms with van der Waals surface area (Å²) in [7, 11) is 0. The highest BCUT2D eigenvalue weighted by atomic mass is 35.5. The molecule has 0 saturated carbocycles. The van der Waals surface area contributed by atoms with Crippen molar-refractivity contribution < 1.29 is 27.4 Å². The van der Waals surface area contributed by atoms with Crippen LogP contribution in [-0.2, 0) is 27.1 Å². The van der Waals surface area contributed by atoms with E-state index in [1.807, 2.05) is 0 Å². The van der Waals surface area contributed by atoms with E-state index < -0.39 is 29.4 Å². The summed E-state index contributed by atoms with van der Waals surface area (Å²) < 4.78 is 55.3. The third kappa shape index (κ3) is 6.58. The molecule has 5 nitrogen and oxygen atoms in total. The van der Waals surface area contributed by atoms with Crippen LogP contribution in [0.5, 0.6) is 0 Å². The minimum absolute atomic E-state index is 0.113. The van der Waals surface area contributed by atoms with Gasteiger partial charge in [-0.15, -0.1) is 0 Å². The maximum absolute atomic E-state index is 15.1. The van der Waals surface area contributed by atoms with Crippen molar-refractivity contribution in [2.24, 2.45) is 5.73 Å². The van der Waals surface area contributed by atoms with Crippen molar-refractivity contribution in [3.63, 3.8) is 0 Å². The van der Waals surface area contributed by atoms with Crippen LogP contribution in [0.4, 0.5) is 13.2 Å². The monoisotopic (exact) mass is 572 g/mol. The number of benzene rings is 3. The van der Waals surface area contributed by atoms with Gasteiger partial charge in [0.2, 0.25) is 0 Å². The predicted molar refractivity (Wildman–Crippen MR) is 147 cm³/mol. The van der Waals surface area contributed by atoms with Crippen LogP contribution in [0.2, 0.25) is 5.02 Å². The fraction of sp³-hybridized carbons (Fsp3) is 0.387. The fourth-order valence-electron chi connectivity index (χ4n) is 5.76. The highest BCUT2D eigenvalue weighted by Crippen LogP contribution is 2.32. The van der Waals surface area contributed by atoms with Crippen LogP contribution in [0.15, 0.2) is 60.7 Å². The van der Waals surface area contributed by atoms with Gasteiger partial charge in [0, 0.05) is 49.5 Å². The lowest BCUT2D eigenvalue weighted by Crippen LogP contribution is -2.54. The van der Waals surface area contributed by atoms with Gasteiger partial charge >= 0.3 is 0 Å². The third-order valence-electron chi connectivity index (χ3n) is 7.80. The molecular weight excluding hydrogens is 541 g/mol. The molecule has 1 spiro atoms. The molecule has 2 saturated heterocycles. The van der Waals surface area contributed by atoms with E-state index in [-0.39, 0.29) is 29.5 Å². The zero-order valence-corrected chi connectivity index (χ0v) is 22.7. The molecule has 40 heavy (non-hydrogen) atoms. The topological polar surface area (TPSA) is 73.6 Å². The Bertz CT molecular complexity index is 1330. The van der Waals surface area contributed by atoms with Crippen LogP contribution in [0, 0.1) is 17.5 Å². The fourth-order valence-corrected chi connectivity index (χ4v) is 5.88. The molecule has 2 aliphatic rings. The summed E-state index contributed by atoms with van der Waals surface area (Å²) >= 11 is 6.04. The summed E-state index contributed by atoms with van der Waals surface area (Å²) in [5, 5.41) is 3.88. The van der Waals surface area contributed by atoms with Gasteiger partial charge in [0.05, 0.1) is 18.8 Å². The Balaban J connectivity index is 1.35. The number of nitrogens with one attached hydrogen (secondary N) is 1. The minimum atomic E-state index is -1.15. The molecule has 0 aliphatic carbocycles. The first-order chi connectivity index (χ1) is 19.2. The summed E-state index contributed by atoms with van der Waals surface area (Å²) in [6.07, 6.45) is 1.52. The number of carbonyl (C=O) groups is 1. The Morgan fingerprint density at radius 1 is 1.07 bits per heavy atom. The number of carbonyl (C=O) groups excluding carboxylic acids is 1. The van der Waals surface area contributed by atoms with Crippen molar-refractivity contribution in [3.8, 4) is 0 Å². The molecule has 2 fully saturated rings. The largest absolute Gasteiger partial charge is 0.378 e. The molecule has 3 aromatic rings. The van der Waals surface area contributed by atoms with E-state index in [0.717, 1.165) is 19.0 Å². The molecule has 1 unspecified atom stereocenters. The number of morpholine rings is 1. The molecule has 9 heteroatoms. The van der Waals surface area contributed by atoms with Crippen molar-refractivity contribution in [3.05, 3.63) is 105 Å². The molecule has 0 radical (unpaired) electrons. The molecule has 4 atom stereocenters. The van der Waals surface area contributed by atoms with Crippen LogP contribution < -0.4 is 11.1 Å². The van der Waals surface area contributed by atoms with E-state index in [1.54, 1.807) is 36.4 Å². The quantitative estimate of drug-likeness (QED) is 0.373. The number of hydrogen-bond acceptors (Lipinski definition) is 5. The van der Waals surface area contributed by atoms with Gasteiger partial charge in [0.1, 0.15) is 23.1 Å². The Kier molecular flexibility index (Phi) is 8.92. The van der Waals surface area contributed by atoms with E-state index in [0.29, 0.717) is 54.3 Å². The van der Waals surface area contributed by atoms with Crippen molar-refractivity contribution in [2.45, 2.75) is 49.3 Å². The third-order valence-corrected chi connectivity index (χ3v) is 8.06. The van der Waals surface area contributed by atoms with Gasteiger partial charge < -0.3 is 20.5 Å². The summed E-state index contributed by atoms with van der Waals surface area (Å²) in [6, 6.07) is 13.2. The molecular formula is C31H32ClF3N2O3. The minimum Gasteiger partial charge on any atom is -0.378 e. The van der Waals surface area contributed by atoms with Gasteiger partial charge in [-0.2, -0.15) is 0 Å². The first-order valence-corrected chi connectivity index (χ1v) is 13.8. The van der Waals surface area contributed by atoms with Gasteiger partial charge in [-0.25, -0.2) is 13.2 Å². The van der Waals surface area contributed by atoms with E-state index >= 15 is 4.39 Å². The lowest BCUT2D eigenvalue weighted by molar-refractivity contribution is -0.119. The van der Waals surface area contributed by atoms with Crippen molar-refractivity contribution >= 4 is 17.4 Å². The van der Waals surface area contributed by atoms with E-state index in [1.165, 1.54) is 18.2 Å². The van der Waals surface area contributed by atoms with Crippen molar-refractivity contribution in [1.82, 2.24) is 5.32 Å². The van der Waals surface area contributed by atoms with Crippen LogP contribution in [0.1, 0.15) is 41.0 Å². The van der Waals surface area contributed by atoms with Crippen LogP contribution >= 0.6 is 11.6 Å². The van der Waals surface area contributed by atoms with E-state index in [2.05, 4.69) is 5.32 Å².